The summed E-state index contributed by atoms with van der Waals surface area (Å²) in [4.78, 5) is 4.16. The molecule has 2 rings (SSSR count). The molecule has 1 heterocycles. The van der Waals surface area contributed by atoms with Gasteiger partial charge in [-0.05, 0) is 50.9 Å². The molecule has 0 spiro atoms. The molecule has 14 heavy (non-hydrogen) atoms. The van der Waals surface area contributed by atoms with Gasteiger partial charge in [0.1, 0.15) is 0 Å². The molecule has 0 atom stereocenters. The predicted molar refractivity (Wildman–Crippen MR) is 59.9 cm³/mol. The molecule has 0 aliphatic carbocycles. The van der Waals surface area contributed by atoms with Crippen LogP contribution in [0, 0.1) is 6.92 Å². The minimum atomic E-state index is 0.516. The van der Waals surface area contributed by atoms with E-state index in [0.29, 0.717) is 11.7 Å². The Kier molecular flexibility index (Phi) is 2.69. The van der Waals surface area contributed by atoms with Crippen molar-refractivity contribution in [1.29, 1.82) is 0 Å². The highest BCUT2D eigenvalue weighted by atomic mass is 79.9. The quantitative estimate of drug-likeness (QED) is 0.807. The van der Waals surface area contributed by atoms with Gasteiger partial charge in [-0.15, -0.1) is 0 Å². The Labute approximate surface area is 97.8 Å². The molecule has 3 nitrogen and oxygen atoms in total. The van der Waals surface area contributed by atoms with E-state index in [0.717, 1.165) is 14.5 Å². The number of halogens is 2. The summed E-state index contributed by atoms with van der Waals surface area (Å²) in [5.41, 5.74) is 0.883. The van der Waals surface area contributed by atoms with E-state index in [9.17, 15) is 0 Å². The van der Waals surface area contributed by atoms with Crippen LogP contribution in [-0.4, -0.2) is 10.1 Å². The summed E-state index contributed by atoms with van der Waals surface area (Å²) in [6, 6.07) is 5.79. The lowest BCUT2D eigenvalue weighted by Gasteiger charge is -2.00. The summed E-state index contributed by atoms with van der Waals surface area (Å²) in [5.74, 6) is 1.14. The van der Waals surface area contributed by atoms with Gasteiger partial charge in [0.15, 0.2) is 5.82 Å². The minimum absolute atomic E-state index is 0.516. The maximum Gasteiger partial charge on any atom is 0.260 e. The van der Waals surface area contributed by atoms with Crippen molar-refractivity contribution in [2.75, 3.05) is 0 Å². The fraction of sp³-hybridized carbons (Fsp3) is 0.111. The van der Waals surface area contributed by atoms with Crippen molar-refractivity contribution < 1.29 is 4.52 Å². The van der Waals surface area contributed by atoms with E-state index in [2.05, 4.69) is 42.0 Å². The fourth-order valence-corrected chi connectivity index (χ4v) is 2.44. The molecule has 0 radical (unpaired) electrons. The monoisotopic (exact) mass is 316 g/mol. The zero-order valence-electron chi connectivity index (χ0n) is 7.29. The van der Waals surface area contributed by atoms with Gasteiger partial charge in [-0.3, -0.25) is 0 Å². The van der Waals surface area contributed by atoms with Gasteiger partial charge < -0.3 is 4.52 Å². The van der Waals surface area contributed by atoms with Crippen LogP contribution in [0.5, 0.6) is 0 Å². The van der Waals surface area contributed by atoms with Crippen LogP contribution in [0.3, 0.4) is 0 Å². The summed E-state index contributed by atoms with van der Waals surface area (Å²) >= 11 is 6.87. The minimum Gasteiger partial charge on any atom is -0.334 e. The van der Waals surface area contributed by atoms with Gasteiger partial charge in [0.05, 0.1) is 5.56 Å². The first kappa shape index (κ1) is 9.86. The van der Waals surface area contributed by atoms with Crippen molar-refractivity contribution in [3.63, 3.8) is 0 Å². The van der Waals surface area contributed by atoms with Crippen LogP contribution in [0.15, 0.2) is 31.7 Å². The van der Waals surface area contributed by atoms with E-state index < -0.39 is 0 Å². The smallest absolute Gasteiger partial charge is 0.260 e. The van der Waals surface area contributed by atoms with Crippen LogP contribution in [0.4, 0.5) is 0 Å². The molecule has 0 unspecified atom stereocenters. The highest BCUT2D eigenvalue weighted by Gasteiger charge is 2.13. The third kappa shape index (κ3) is 1.74. The van der Waals surface area contributed by atoms with Gasteiger partial charge in [-0.25, -0.2) is 0 Å². The first-order chi connectivity index (χ1) is 6.68. The molecular formula is C9H6Br2N2O. The average molecular weight is 318 g/mol. The second kappa shape index (κ2) is 3.82. The SMILES string of the molecule is Cc1noc(-c2c(Br)cccc2Br)n1. The van der Waals surface area contributed by atoms with Crippen LogP contribution in [0.2, 0.25) is 0 Å². The van der Waals surface area contributed by atoms with Crippen LogP contribution in [-0.2, 0) is 0 Å². The molecule has 0 aliphatic heterocycles. The lowest BCUT2D eigenvalue weighted by molar-refractivity contribution is 0.425. The van der Waals surface area contributed by atoms with Gasteiger partial charge in [0, 0.05) is 8.95 Å². The first-order valence-electron chi connectivity index (χ1n) is 3.93. The van der Waals surface area contributed by atoms with Crippen molar-refractivity contribution in [1.82, 2.24) is 10.1 Å². The maximum atomic E-state index is 5.09. The largest absolute Gasteiger partial charge is 0.334 e. The number of rotatable bonds is 1. The van der Waals surface area contributed by atoms with Crippen molar-refractivity contribution in [2.45, 2.75) is 6.92 Å². The molecule has 0 N–H and O–H groups in total. The molecule has 0 amide bonds. The molecule has 0 saturated carbocycles. The number of aromatic nitrogens is 2. The number of hydrogen-bond acceptors (Lipinski definition) is 3. The zero-order valence-corrected chi connectivity index (χ0v) is 10.5. The maximum absolute atomic E-state index is 5.09. The van der Waals surface area contributed by atoms with Gasteiger partial charge in [-0.2, -0.15) is 4.98 Å². The van der Waals surface area contributed by atoms with Gasteiger partial charge in [-0.1, -0.05) is 11.2 Å². The number of nitrogens with zero attached hydrogens (tertiary/aromatic N) is 2. The Morgan fingerprint density at radius 3 is 2.36 bits per heavy atom. The van der Waals surface area contributed by atoms with E-state index in [1.54, 1.807) is 6.92 Å². The molecule has 0 fully saturated rings. The molecular weight excluding hydrogens is 312 g/mol. The molecule has 1 aromatic heterocycles. The van der Waals surface area contributed by atoms with Crippen molar-refractivity contribution in [2.24, 2.45) is 0 Å². The molecule has 0 aliphatic rings. The lowest BCUT2D eigenvalue weighted by atomic mass is 10.2. The van der Waals surface area contributed by atoms with Crippen LogP contribution < -0.4 is 0 Å². The van der Waals surface area contributed by atoms with Crippen molar-refractivity contribution in [3.05, 3.63) is 33.0 Å². The molecule has 72 valence electrons. The fourth-order valence-electron chi connectivity index (χ4n) is 1.10. The Morgan fingerprint density at radius 2 is 1.86 bits per heavy atom. The molecule has 1 aromatic carbocycles. The number of benzene rings is 1. The molecule has 2 aromatic rings. The third-order valence-electron chi connectivity index (χ3n) is 1.70. The normalized spacial score (nSPS) is 10.5. The van der Waals surface area contributed by atoms with E-state index in [1.165, 1.54) is 0 Å². The van der Waals surface area contributed by atoms with Crippen LogP contribution in [0.1, 0.15) is 5.82 Å². The zero-order chi connectivity index (χ0) is 10.1. The van der Waals surface area contributed by atoms with E-state index >= 15 is 0 Å². The van der Waals surface area contributed by atoms with Crippen LogP contribution >= 0.6 is 31.9 Å². The summed E-state index contributed by atoms with van der Waals surface area (Å²) in [6.45, 7) is 1.79. The predicted octanol–water partition coefficient (Wildman–Crippen LogP) is 3.57. The summed E-state index contributed by atoms with van der Waals surface area (Å²) in [5, 5.41) is 3.75. The topological polar surface area (TPSA) is 38.9 Å². The third-order valence-corrected chi connectivity index (χ3v) is 3.03. The number of aryl methyl sites for hydroxylation is 1. The molecule has 0 saturated heterocycles. The second-order valence-corrected chi connectivity index (χ2v) is 4.45. The second-order valence-electron chi connectivity index (χ2n) is 2.74. The van der Waals surface area contributed by atoms with Gasteiger partial charge in [0.25, 0.3) is 5.89 Å². The van der Waals surface area contributed by atoms with Crippen LogP contribution in [0.25, 0.3) is 11.5 Å². The average Bonchev–Trinajstić information content (AvgIpc) is 2.51. The Bertz CT molecular complexity index is 447. The van der Waals surface area contributed by atoms with Crippen molar-refractivity contribution >= 4 is 31.9 Å². The Balaban J connectivity index is 2.61. The highest BCUT2D eigenvalue weighted by Crippen LogP contribution is 2.33. The van der Waals surface area contributed by atoms with E-state index in [4.69, 9.17) is 4.52 Å². The summed E-state index contributed by atoms with van der Waals surface area (Å²) in [6.07, 6.45) is 0. The van der Waals surface area contributed by atoms with Gasteiger partial charge in [0.2, 0.25) is 0 Å². The van der Waals surface area contributed by atoms with Crippen molar-refractivity contribution in [3.8, 4) is 11.5 Å². The number of hydrogen-bond donors (Lipinski definition) is 0. The van der Waals surface area contributed by atoms with Gasteiger partial charge >= 0.3 is 0 Å². The summed E-state index contributed by atoms with van der Waals surface area (Å²) in [7, 11) is 0. The van der Waals surface area contributed by atoms with E-state index in [-0.39, 0.29) is 0 Å². The molecule has 0 bridgehead atoms. The Morgan fingerprint density at radius 1 is 1.21 bits per heavy atom. The lowest BCUT2D eigenvalue weighted by Crippen LogP contribution is -1.82. The summed E-state index contributed by atoms with van der Waals surface area (Å²) < 4.78 is 6.94. The Hall–Kier alpha value is -0.680. The van der Waals surface area contributed by atoms with E-state index in [1.807, 2.05) is 18.2 Å². The first-order valence-corrected chi connectivity index (χ1v) is 5.52. The molecule has 5 heteroatoms. The highest BCUT2D eigenvalue weighted by molar-refractivity contribution is 9.11. The standard InChI is InChI=1S/C9H6Br2N2O/c1-5-12-9(14-13-5)8-6(10)3-2-4-7(8)11/h2-4H,1H3.